The van der Waals surface area contributed by atoms with Crippen LogP contribution in [0.3, 0.4) is 0 Å². The maximum atomic E-state index is 10.8. The van der Waals surface area contributed by atoms with E-state index in [1.54, 1.807) is 20.8 Å². The highest BCUT2D eigenvalue weighted by Crippen LogP contribution is 2.18. The average Bonchev–Trinajstić information content (AvgIpc) is 1.99. The summed E-state index contributed by atoms with van der Waals surface area (Å²) in [5.41, 5.74) is 7.69. The van der Waals surface area contributed by atoms with E-state index in [2.05, 4.69) is 0 Å². The minimum Gasteiger partial charge on any atom is -0.478 e. The Balaban J connectivity index is 4.92. The number of nitrogens with two attached hydrogens (primary N) is 2. The zero-order valence-corrected chi connectivity index (χ0v) is 8.48. The van der Waals surface area contributed by atoms with Gasteiger partial charge in [0.15, 0.2) is 0 Å². The molecule has 6 nitrogen and oxygen atoms in total. The van der Waals surface area contributed by atoms with E-state index in [0.717, 1.165) is 0 Å². The molecule has 0 saturated carbocycles. The molecule has 82 valence electrons. The van der Waals surface area contributed by atoms with Gasteiger partial charge in [-0.1, -0.05) is 0 Å². The van der Waals surface area contributed by atoms with Crippen molar-refractivity contribution >= 4 is 12.3 Å². The Morgan fingerprint density at radius 3 is 2.14 bits per heavy atom. The van der Waals surface area contributed by atoms with Crippen molar-refractivity contribution in [3.05, 3.63) is 0 Å². The second-order valence-electron chi connectivity index (χ2n) is 3.97. The highest BCUT2D eigenvalue weighted by Gasteiger charge is 2.45. The molecule has 0 aromatic carbocycles. The molecular weight excluding hydrogens is 188 g/mol. The van der Waals surface area contributed by atoms with Crippen molar-refractivity contribution in [2.24, 2.45) is 11.5 Å². The molecule has 0 saturated heterocycles. The number of aldehydes is 1. The van der Waals surface area contributed by atoms with Gasteiger partial charge in [0.25, 0.3) is 0 Å². The number of hydrogen-bond donors (Lipinski definition) is 3. The van der Waals surface area contributed by atoms with Gasteiger partial charge in [0.05, 0.1) is 5.60 Å². The van der Waals surface area contributed by atoms with Crippen molar-refractivity contribution < 1.29 is 19.4 Å². The van der Waals surface area contributed by atoms with Gasteiger partial charge < -0.3 is 20.4 Å². The van der Waals surface area contributed by atoms with Crippen LogP contribution in [0.4, 0.5) is 0 Å². The van der Waals surface area contributed by atoms with Gasteiger partial charge in [0.1, 0.15) is 12.3 Å². The van der Waals surface area contributed by atoms with Crippen LogP contribution in [-0.2, 0) is 14.3 Å². The number of aliphatic carboxylic acids is 1. The van der Waals surface area contributed by atoms with Crippen LogP contribution in [0.25, 0.3) is 0 Å². The summed E-state index contributed by atoms with van der Waals surface area (Å²) in [5.74, 6) is -1.47. The van der Waals surface area contributed by atoms with Gasteiger partial charge in [-0.15, -0.1) is 0 Å². The molecule has 0 aromatic rings. The molecule has 0 aliphatic carbocycles. The summed E-state index contributed by atoms with van der Waals surface area (Å²) in [4.78, 5) is 21.2. The van der Waals surface area contributed by atoms with E-state index in [0.29, 0.717) is 0 Å². The second kappa shape index (κ2) is 4.04. The van der Waals surface area contributed by atoms with Crippen molar-refractivity contribution in [2.75, 3.05) is 0 Å². The largest absolute Gasteiger partial charge is 0.478 e. The highest BCUT2D eigenvalue weighted by atomic mass is 16.6. The predicted octanol–water partition coefficient (Wildman–Crippen LogP) is -0.933. The summed E-state index contributed by atoms with van der Waals surface area (Å²) < 4.78 is 5.06. The van der Waals surface area contributed by atoms with Crippen LogP contribution in [0.5, 0.6) is 0 Å². The molecule has 14 heavy (non-hydrogen) atoms. The molecule has 0 heterocycles. The van der Waals surface area contributed by atoms with E-state index in [1.165, 1.54) is 0 Å². The maximum absolute atomic E-state index is 10.8. The summed E-state index contributed by atoms with van der Waals surface area (Å²) in [6.07, 6.45) is 0.250. The Bertz CT molecular complexity index is 236. The van der Waals surface area contributed by atoms with Crippen LogP contribution >= 0.6 is 0 Å². The lowest BCUT2D eigenvalue weighted by Gasteiger charge is -2.34. The third kappa shape index (κ3) is 3.06. The monoisotopic (exact) mass is 204 g/mol. The molecule has 0 bridgehead atoms. The highest BCUT2D eigenvalue weighted by molar-refractivity contribution is 5.83. The number of rotatable bonds is 4. The molecule has 0 aliphatic heterocycles. The van der Waals surface area contributed by atoms with E-state index in [1.807, 2.05) is 0 Å². The van der Waals surface area contributed by atoms with Gasteiger partial charge >= 0.3 is 5.97 Å². The first-order valence-corrected chi connectivity index (χ1v) is 4.07. The molecule has 2 unspecified atom stereocenters. The van der Waals surface area contributed by atoms with Crippen LogP contribution < -0.4 is 11.5 Å². The third-order valence-corrected chi connectivity index (χ3v) is 1.45. The first-order chi connectivity index (χ1) is 6.13. The van der Waals surface area contributed by atoms with Gasteiger partial charge in [-0.2, -0.15) is 0 Å². The normalized spacial score (nSPS) is 18.4. The molecule has 0 rings (SSSR count). The van der Waals surface area contributed by atoms with Gasteiger partial charge in [-0.25, -0.2) is 4.79 Å². The van der Waals surface area contributed by atoms with Crippen molar-refractivity contribution in [3.63, 3.8) is 0 Å². The molecular formula is C8H16N2O4. The summed E-state index contributed by atoms with van der Waals surface area (Å²) in [5, 5.41) is 8.81. The lowest BCUT2D eigenvalue weighted by atomic mass is 10.1. The van der Waals surface area contributed by atoms with Crippen LogP contribution in [0.1, 0.15) is 20.8 Å². The van der Waals surface area contributed by atoms with Crippen LogP contribution in [0.15, 0.2) is 0 Å². The number of carbonyl (C=O) groups excluding carboxylic acids is 1. The molecule has 0 aliphatic rings. The van der Waals surface area contributed by atoms with Crippen LogP contribution in [-0.4, -0.2) is 34.7 Å². The molecule has 0 amide bonds. The number of carbonyl (C=O) groups is 2. The summed E-state index contributed by atoms with van der Waals surface area (Å²) >= 11 is 0. The summed E-state index contributed by atoms with van der Waals surface area (Å²) in [6, 6.07) is -1.40. The SMILES string of the molecule is CC(C)(C)OC(N)(C(=O)O)C(N)C=O. The Morgan fingerprint density at radius 1 is 1.50 bits per heavy atom. The van der Waals surface area contributed by atoms with Crippen LogP contribution in [0, 0.1) is 0 Å². The molecule has 0 spiro atoms. The fourth-order valence-corrected chi connectivity index (χ4v) is 0.862. The van der Waals surface area contributed by atoms with Crippen molar-refractivity contribution in [1.29, 1.82) is 0 Å². The quantitative estimate of drug-likeness (QED) is 0.402. The van der Waals surface area contributed by atoms with E-state index >= 15 is 0 Å². The topological polar surface area (TPSA) is 116 Å². The predicted molar refractivity (Wildman–Crippen MR) is 49.4 cm³/mol. The second-order valence-corrected chi connectivity index (χ2v) is 3.97. The van der Waals surface area contributed by atoms with Gasteiger partial charge in [-0.05, 0) is 20.8 Å². The van der Waals surface area contributed by atoms with Crippen molar-refractivity contribution in [3.8, 4) is 0 Å². The Hall–Kier alpha value is -0.980. The van der Waals surface area contributed by atoms with Crippen LogP contribution in [0.2, 0.25) is 0 Å². The zero-order chi connectivity index (χ0) is 11.6. The molecule has 2 atom stereocenters. The first kappa shape index (κ1) is 13.0. The average molecular weight is 204 g/mol. The van der Waals surface area contributed by atoms with Crippen molar-refractivity contribution in [2.45, 2.75) is 38.1 Å². The lowest BCUT2D eigenvalue weighted by Crippen LogP contribution is -2.65. The Morgan fingerprint density at radius 2 is 1.93 bits per heavy atom. The van der Waals surface area contributed by atoms with E-state index in [4.69, 9.17) is 21.3 Å². The molecule has 0 fully saturated rings. The fraction of sp³-hybridized carbons (Fsp3) is 0.750. The molecule has 6 heteroatoms. The summed E-state index contributed by atoms with van der Waals surface area (Å²) in [6.45, 7) is 4.86. The zero-order valence-electron chi connectivity index (χ0n) is 8.48. The van der Waals surface area contributed by atoms with Gasteiger partial charge in [0.2, 0.25) is 5.72 Å². The number of ether oxygens (including phenoxy) is 1. The Labute approximate surface area is 82.2 Å². The van der Waals surface area contributed by atoms with Gasteiger partial charge in [-0.3, -0.25) is 5.73 Å². The van der Waals surface area contributed by atoms with E-state index in [9.17, 15) is 9.59 Å². The van der Waals surface area contributed by atoms with E-state index in [-0.39, 0.29) is 6.29 Å². The minimum atomic E-state index is -2.18. The molecule has 0 aromatic heterocycles. The number of carboxylic acid groups (broad SMARTS) is 1. The van der Waals surface area contributed by atoms with Crippen molar-refractivity contribution in [1.82, 2.24) is 0 Å². The summed E-state index contributed by atoms with van der Waals surface area (Å²) in [7, 11) is 0. The Kier molecular flexibility index (Phi) is 3.75. The standard InChI is InChI=1S/C8H16N2O4/c1-7(2,3)14-8(10,6(12)13)5(9)4-11/h4-5H,9-10H2,1-3H3,(H,12,13). The fourth-order valence-electron chi connectivity index (χ4n) is 0.862. The van der Waals surface area contributed by atoms with Gasteiger partial charge in [0, 0.05) is 0 Å². The third-order valence-electron chi connectivity index (χ3n) is 1.45. The maximum Gasteiger partial charge on any atom is 0.353 e. The first-order valence-electron chi connectivity index (χ1n) is 4.07. The lowest BCUT2D eigenvalue weighted by molar-refractivity contribution is -0.188. The minimum absolute atomic E-state index is 0.250. The number of carboxylic acids is 1. The molecule has 5 N–H and O–H groups in total. The number of hydrogen-bond acceptors (Lipinski definition) is 5. The smallest absolute Gasteiger partial charge is 0.353 e. The molecule has 0 radical (unpaired) electrons. The van der Waals surface area contributed by atoms with E-state index < -0.39 is 23.3 Å².